The van der Waals surface area contributed by atoms with Crippen molar-refractivity contribution < 1.29 is 9.13 Å². The van der Waals surface area contributed by atoms with Gasteiger partial charge in [0, 0.05) is 11.6 Å². The number of para-hydroxylation sites is 1. The molecular weight excluding hydrogens is 297 g/mol. The summed E-state index contributed by atoms with van der Waals surface area (Å²) < 4.78 is 19.8. The first kappa shape index (κ1) is 13.1. The number of ether oxygens (including phenoxy) is 1. The Kier molecular flexibility index (Phi) is 3.99. The lowest BCUT2D eigenvalue weighted by Gasteiger charge is -2.14. The highest BCUT2D eigenvalue weighted by Gasteiger charge is 2.11. The lowest BCUT2D eigenvalue weighted by atomic mass is 10.1. The third-order valence-electron chi connectivity index (χ3n) is 2.52. The first-order valence-corrected chi connectivity index (χ1v) is 6.34. The van der Waals surface area contributed by atoms with Gasteiger partial charge < -0.3 is 10.5 Å². The number of hydrogen-bond donors (Lipinski definition) is 1. The lowest BCUT2D eigenvalue weighted by Crippen LogP contribution is -2.07. The molecule has 0 spiro atoms. The minimum atomic E-state index is -0.318. The first-order chi connectivity index (χ1) is 8.58. The van der Waals surface area contributed by atoms with E-state index < -0.39 is 0 Å². The van der Waals surface area contributed by atoms with Gasteiger partial charge in [-0.25, -0.2) is 4.39 Å². The molecule has 2 nitrogen and oxygen atoms in total. The van der Waals surface area contributed by atoms with Crippen LogP contribution >= 0.6 is 15.9 Å². The van der Waals surface area contributed by atoms with Crippen LogP contribution in [0.15, 0.2) is 46.9 Å². The minimum absolute atomic E-state index is 0.293. The Labute approximate surface area is 114 Å². The highest BCUT2D eigenvalue weighted by Crippen LogP contribution is 2.33. The number of nitrogens with two attached hydrogens (primary N) is 1. The molecule has 0 saturated carbocycles. The van der Waals surface area contributed by atoms with Crippen LogP contribution < -0.4 is 10.5 Å². The number of benzene rings is 2. The second kappa shape index (κ2) is 5.50. The van der Waals surface area contributed by atoms with E-state index in [2.05, 4.69) is 15.9 Å². The van der Waals surface area contributed by atoms with E-state index in [4.69, 9.17) is 10.5 Å². The van der Waals surface area contributed by atoms with Gasteiger partial charge in [0.25, 0.3) is 0 Å². The van der Waals surface area contributed by atoms with Crippen molar-refractivity contribution in [1.29, 1.82) is 0 Å². The van der Waals surface area contributed by atoms with E-state index in [-0.39, 0.29) is 11.9 Å². The topological polar surface area (TPSA) is 35.2 Å². The highest BCUT2D eigenvalue weighted by atomic mass is 79.9. The molecule has 1 atom stereocenters. The smallest absolute Gasteiger partial charge is 0.141 e. The van der Waals surface area contributed by atoms with E-state index in [9.17, 15) is 4.39 Å². The van der Waals surface area contributed by atoms with Gasteiger partial charge in [-0.1, -0.05) is 12.1 Å². The fourth-order valence-electron chi connectivity index (χ4n) is 1.61. The lowest BCUT2D eigenvalue weighted by molar-refractivity contribution is 0.466. The van der Waals surface area contributed by atoms with Gasteiger partial charge in [0.05, 0.1) is 4.47 Å². The van der Waals surface area contributed by atoms with Crippen LogP contribution in [0.25, 0.3) is 0 Å². The molecule has 2 rings (SSSR count). The Hall–Kier alpha value is -1.39. The Balaban J connectivity index is 2.37. The molecule has 0 unspecified atom stereocenters. The Morgan fingerprint density at radius 1 is 1.17 bits per heavy atom. The Bertz CT molecular complexity index is 557. The van der Waals surface area contributed by atoms with Crippen molar-refractivity contribution in [2.45, 2.75) is 13.0 Å². The first-order valence-electron chi connectivity index (χ1n) is 5.55. The molecule has 0 aliphatic heterocycles. The largest absolute Gasteiger partial charge is 0.456 e. The Morgan fingerprint density at radius 3 is 2.56 bits per heavy atom. The molecule has 2 N–H and O–H groups in total. The molecule has 2 aromatic rings. The third kappa shape index (κ3) is 2.89. The zero-order valence-corrected chi connectivity index (χ0v) is 11.4. The van der Waals surface area contributed by atoms with E-state index in [1.54, 1.807) is 13.0 Å². The van der Waals surface area contributed by atoms with Gasteiger partial charge >= 0.3 is 0 Å². The van der Waals surface area contributed by atoms with Crippen molar-refractivity contribution in [3.63, 3.8) is 0 Å². The van der Waals surface area contributed by atoms with E-state index in [1.165, 1.54) is 12.1 Å². The van der Waals surface area contributed by atoms with Crippen molar-refractivity contribution in [3.05, 3.63) is 58.3 Å². The van der Waals surface area contributed by atoms with Crippen molar-refractivity contribution in [1.82, 2.24) is 0 Å². The predicted octanol–water partition coefficient (Wildman–Crippen LogP) is 4.40. The zero-order chi connectivity index (χ0) is 13.1. The summed E-state index contributed by atoms with van der Waals surface area (Å²) in [5.41, 5.74) is 6.46. The molecule has 94 valence electrons. The minimum Gasteiger partial charge on any atom is -0.456 e. The zero-order valence-electron chi connectivity index (χ0n) is 9.86. The van der Waals surface area contributed by atoms with Gasteiger partial charge in [-0.3, -0.25) is 0 Å². The van der Waals surface area contributed by atoms with Crippen LogP contribution in [-0.4, -0.2) is 0 Å². The maximum absolute atomic E-state index is 13.2. The third-order valence-corrected chi connectivity index (χ3v) is 3.17. The fraction of sp³-hybridized carbons (Fsp3) is 0.143. The van der Waals surface area contributed by atoms with Crippen LogP contribution in [0.2, 0.25) is 0 Å². The molecule has 0 aliphatic rings. The van der Waals surface area contributed by atoms with E-state index >= 15 is 0 Å². The quantitative estimate of drug-likeness (QED) is 0.912. The second-order valence-electron chi connectivity index (χ2n) is 4.00. The van der Waals surface area contributed by atoms with Gasteiger partial charge in [0.1, 0.15) is 17.3 Å². The van der Waals surface area contributed by atoms with Crippen LogP contribution in [0.5, 0.6) is 11.5 Å². The normalized spacial score (nSPS) is 12.2. The second-order valence-corrected chi connectivity index (χ2v) is 4.86. The molecule has 18 heavy (non-hydrogen) atoms. The van der Waals surface area contributed by atoms with Gasteiger partial charge in [-0.15, -0.1) is 0 Å². The van der Waals surface area contributed by atoms with Crippen molar-refractivity contribution in [3.8, 4) is 11.5 Å². The average molecular weight is 310 g/mol. The standard InChI is InChI=1S/C14H13BrFNO/c1-9(17)11-8-10(16)6-7-13(11)18-14-5-3-2-4-12(14)15/h2-9H,17H2,1H3/t9-/m1/s1. The SMILES string of the molecule is C[C@@H](N)c1cc(F)ccc1Oc1ccccc1Br. The van der Waals surface area contributed by atoms with Crippen LogP contribution in [0.4, 0.5) is 4.39 Å². The molecule has 0 aliphatic carbocycles. The summed E-state index contributed by atoms with van der Waals surface area (Å²) in [6.07, 6.45) is 0. The van der Waals surface area contributed by atoms with Gasteiger partial charge in [0.15, 0.2) is 0 Å². The monoisotopic (exact) mass is 309 g/mol. The summed E-state index contributed by atoms with van der Waals surface area (Å²) in [7, 11) is 0. The van der Waals surface area contributed by atoms with Crippen LogP contribution in [-0.2, 0) is 0 Å². The molecule has 0 aromatic heterocycles. The molecule has 0 bridgehead atoms. The van der Waals surface area contributed by atoms with Crippen LogP contribution in [0.1, 0.15) is 18.5 Å². The fourth-order valence-corrected chi connectivity index (χ4v) is 1.98. The van der Waals surface area contributed by atoms with E-state index in [0.717, 1.165) is 4.47 Å². The summed E-state index contributed by atoms with van der Waals surface area (Å²) in [6, 6.07) is 11.5. The number of halogens is 2. The molecule has 0 radical (unpaired) electrons. The maximum atomic E-state index is 13.2. The molecule has 0 fully saturated rings. The molecule has 2 aromatic carbocycles. The Morgan fingerprint density at radius 2 is 1.89 bits per heavy atom. The summed E-state index contributed by atoms with van der Waals surface area (Å²) >= 11 is 3.40. The van der Waals surface area contributed by atoms with E-state index in [1.807, 2.05) is 24.3 Å². The van der Waals surface area contributed by atoms with Gasteiger partial charge in [-0.05, 0) is 53.2 Å². The summed E-state index contributed by atoms with van der Waals surface area (Å²) in [5, 5.41) is 0. The van der Waals surface area contributed by atoms with Crippen molar-refractivity contribution in [2.75, 3.05) is 0 Å². The summed E-state index contributed by atoms with van der Waals surface area (Å²) in [5.74, 6) is 0.922. The molecule has 4 heteroatoms. The van der Waals surface area contributed by atoms with Crippen LogP contribution in [0, 0.1) is 5.82 Å². The van der Waals surface area contributed by atoms with Crippen molar-refractivity contribution in [2.24, 2.45) is 5.73 Å². The highest BCUT2D eigenvalue weighted by molar-refractivity contribution is 9.10. The molecule has 0 saturated heterocycles. The maximum Gasteiger partial charge on any atom is 0.141 e. The number of rotatable bonds is 3. The van der Waals surface area contributed by atoms with Crippen LogP contribution in [0.3, 0.4) is 0 Å². The molecular formula is C14H13BrFNO. The average Bonchev–Trinajstić information content (AvgIpc) is 2.34. The predicted molar refractivity (Wildman–Crippen MR) is 73.2 cm³/mol. The van der Waals surface area contributed by atoms with Gasteiger partial charge in [-0.2, -0.15) is 0 Å². The van der Waals surface area contributed by atoms with Crippen molar-refractivity contribution >= 4 is 15.9 Å². The van der Waals surface area contributed by atoms with Gasteiger partial charge in [0.2, 0.25) is 0 Å². The molecule has 0 heterocycles. The summed E-state index contributed by atoms with van der Waals surface area (Å²) in [6.45, 7) is 1.79. The van der Waals surface area contributed by atoms with E-state index in [0.29, 0.717) is 17.1 Å². The molecule has 0 amide bonds. The number of hydrogen-bond acceptors (Lipinski definition) is 2. The summed E-state index contributed by atoms with van der Waals surface area (Å²) in [4.78, 5) is 0.